The second kappa shape index (κ2) is 13.7. The number of aromatic nitrogens is 2. The molecule has 16 heteroatoms. The van der Waals surface area contributed by atoms with Crippen LogP contribution >= 0.6 is 0 Å². The van der Waals surface area contributed by atoms with Gasteiger partial charge >= 0.3 is 12.5 Å². The number of halogens is 3. The molecule has 0 aliphatic rings. The van der Waals surface area contributed by atoms with Crippen LogP contribution in [0.1, 0.15) is 0 Å². The van der Waals surface area contributed by atoms with Gasteiger partial charge in [-0.2, -0.15) is 0 Å². The molecule has 1 amide bonds. The van der Waals surface area contributed by atoms with Crippen LogP contribution < -0.4 is 14.8 Å². The van der Waals surface area contributed by atoms with E-state index in [0.29, 0.717) is 28.6 Å². The Morgan fingerprint density at radius 3 is 1.71 bits per heavy atom. The van der Waals surface area contributed by atoms with E-state index in [4.69, 9.17) is 9.84 Å². The zero-order valence-electron chi connectivity index (χ0n) is 22.6. The molecule has 0 aliphatic carbocycles. The number of hydrogen-bond donors (Lipinski definition) is 2. The lowest BCUT2D eigenvalue weighted by Crippen LogP contribution is -2.17. The molecule has 2 N–H and O–H groups in total. The Labute approximate surface area is 251 Å². The molecule has 0 aliphatic heterocycles. The molecular weight excluding hydrogens is 603 g/mol. The molecule has 45 heavy (non-hydrogen) atoms. The van der Waals surface area contributed by atoms with Crippen molar-refractivity contribution in [3.05, 3.63) is 130 Å². The molecule has 5 rings (SSSR count). The molecule has 1 aromatic heterocycles. The molecular formula is C29H20F3N5O8. The Morgan fingerprint density at radius 1 is 0.778 bits per heavy atom. The Hall–Kier alpha value is -6.45. The van der Waals surface area contributed by atoms with Gasteiger partial charge in [0.2, 0.25) is 0 Å². The first-order valence-corrected chi connectivity index (χ1v) is 12.5. The molecule has 0 saturated carbocycles. The number of nitrogens with one attached hydrogen (secondary N) is 1. The predicted molar refractivity (Wildman–Crippen MR) is 154 cm³/mol. The third-order valence-electron chi connectivity index (χ3n) is 5.71. The number of nitro groups is 2. The highest BCUT2D eigenvalue weighted by atomic mass is 19.4. The van der Waals surface area contributed by atoms with Crippen LogP contribution in [0.5, 0.6) is 17.2 Å². The fourth-order valence-corrected chi connectivity index (χ4v) is 3.69. The average Bonchev–Trinajstić information content (AvgIpc) is 3.48. The minimum Gasteiger partial charge on any atom is -0.465 e. The predicted octanol–water partition coefficient (Wildman–Crippen LogP) is 7.82. The largest absolute Gasteiger partial charge is 0.573 e. The summed E-state index contributed by atoms with van der Waals surface area (Å²) in [5.41, 5.74) is 2.37. The number of benzene rings is 4. The minimum atomic E-state index is -4.73. The summed E-state index contributed by atoms with van der Waals surface area (Å²) in [6.07, 6.45) is -2.65. The average molecular weight is 624 g/mol. The van der Waals surface area contributed by atoms with Gasteiger partial charge in [-0.3, -0.25) is 25.5 Å². The molecule has 230 valence electrons. The van der Waals surface area contributed by atoms with Gasteiger partial charge in [0.1, 0.15) is 17.2 Å². The van der Waals surface area contributed by atoms with Crippen LogP contribution in [0.4, 0.5) is 35.0 Å². The van der Waals surface area contributed by atoms with Gasteiger partial charge in [-0.1, -0.05) is 12.1 Å². The highest BCUT2D eigenvalue weighted by Crippen LogP contribution is 2.27. The lowest BCUT2D eigenvalue weighted by Gasteiger charge is -2.09. The van der Waals surface area contributed by atoms with Crippen LogP contribution in [-0.2, 0) is 0 Å². The van der Waals surface area contributed by atoms with Crippen molar-refractivity contribution in [2.45, 2.75) is 6.36 Å². The Bertz CT molecular complexity index is 1720. The van der Waals surface area contributed by atoms with Crippen molar-refractivity contribution >= 4 is 23.2 Å². The van der Waals surface area contributed by atoms with E-state index in [9.17, 15) is 38.2 Å². The fourth-order valence-electron chi connectivity index (χ4n) is 3.69. The first kappa shape index (κ1) is 31.5. The van der Waals surface area contributed by atoms with Crippen LogP contribution in [0.3, 0.4) is 0 Å². The van der Waals surface area contributed by atoms with E-state index in [1.54, 1.807) is 35.0 Å². The molecule has 4 aromatic carbocycles. The van der Waals surface area contributed by atoms with E-state index < -0.39 is 22.3 Å². The number of alkyl halides is 3. The van der Waals surface area contributed by atoms with Crippen molar-refractivity contribution in [1.82, 2.24) is 9.55 Å². The van der Waals surface area contributed by atoms with Gasteiger partial charge in [0.15, 0.2) is 0 Å². The Morgan fingerprint density at radius 2 is 1.27 bits per heavy atom. The summed E-state index contributed by atoms with van der Waals surface area (Å²) in [7, 11) is 0. The number of amides is 1. The SMILES string of the molecule is O=C(O)Nc1ccc(-c2cn(-c3ccc(OC(F)(F)F)cc3)cn2)cc1.O=[N+]([O-])c1ccc(Oc2ccc([N+](=O)[O-])cc2)cc1. The van der Waals surface area contributed by atoms with E-state index in [1.165, 1.54) is 79.1 Å². The third-order valence-corrected chi connectivity index (χ3v) is 5.71. The lowest BCUT2D eigenvalue weighted by molar-refractivity contribution is -0.385. The number of carbonyl (C=O) groups is 1. The normalized spacial score (nSPS) is 10.6. The number of rotatable bonds is 8. The molecule has 0 atom stereocenters. The fraction of sp³-hybridized carbons (Fsp3) is 0.0345. The van der Waals surface area contributed by atoms with Gasteiger partial charge in [0.25, 0.3) is 11.4 Å². The van der Waals surface area contributed by atoms with E-state index in [0.717, 1.165) is 5.56 Å². The first-order valence-electron chi connectivity index (χ1n) is 12.5. The maximum absolute atomic E-state index is 12.2. The Kier molecular flexibility index (Phi) is 9.57. The van der Waals surface area contributed by atoms with Crippen molar-refractivity contribution in [1.29, 1.82) is 0 Å². The van der Waals surface area contributed by atoms with Crippen LogP contribution in [0.25, 0.3) is 16.9 Å². The number of imidazole rings is 1. The van der Waals surface area contributed by atoms with Gasteiger partial charge in [0, 0.05) is 47.4 Å². The molecule has 1 heterocycles. The quantitative estimate of drug-likeness (QED) is 0.129. The number of hydrogen-bond acceptors (Lipinski definition) is 8. The third kappa shape index (κ3) is 9.27. The summed E-state index contributed by atoms with van der Waals surface area (Å²) >= 11 is 0. The van der Waals surface area contributed by atoms with E-state index in [2.05, 4.69) is 15.0 Å². The summed E-state index contributed by atoms with van der Waals surface area (Å²) in [6.45, 7) is 0. The topological polar surface area (TPSA) is 172 Å². The van der Waals surface area contributed by atoms with Gasteiger partial charge < -0.3 is 19.1 Å². The number of nitrogens with zero attached hydrogens (tertiary/aromatic N) is 4. The number of non-ortho nitro benzene ring substituents is 2. The number of ether oxygens (including phenoxy) is 2. The van der Waals surface area contributed by atoms with E-state index in [1.807, 2.05) is 0 Å². The second-order valence-electron chi connectivity index (χ2n) is 8.82. The minimum absolute atomic E-state index is 0.0314. The molecule has 0 fully saturated rings. The summed E-state index contributed by atoms with van der Waals surface area (Å²) in [6, 6.07) is 23.1. The van der Waals surface area contributed by atoms with Crippen LogP contribution in [-0.4, -0.2) is 37.0 Å². The van der Waals surface area contributed by atoms with Crippen LogP contribution in [0, 0.1) is 20.2 Å². The smallest absolute Gasteiger partial charge is 0.465 e. The van der Waals surface area contributed by atoms with Gasteiger partial charge in [-0.25, -0.2) is 9.78 Å². The maximum Gasteiger partial charge on any atom is 0.573 e. The Balaban J connectivity index is 0.000000215. The summed E-state index contributed by atoms with van der Waals surface area (Å²) in [4.78, 5) is 34.8. The van der Waals surface area contributed by atoms with Gasteiger partial charge in [-0.15, -0.1) is 13.2 Å². The first-order chi connectivity index (χ1) is 21.4. The van der Waals surface area contributed by atoms with E-state index in [-0.39, 0.29) is 17.1 Å². The maximum atomic E-state index is 12.2. The lowest BCUT2D eigenvalue weighted by atomic mass is 10.1. The number of carboxylic acid groups (broad SMARTS) is 1. The molecule has 0 unspecified atom stereocenters. The molecule has 0 spiro atoms. The highest BCUT2D eigenvalue weighted by Gasteiger charge is 2.31. The van der Waals surface area contributed by atoms with Gasteiger partial charge in [0.05, 0.1) is 21.9 Å². The van der Waals surface area contributed by atoms with Crippen LogP contribution in [0.2, 0.25) is 0 Å². The highest BCUT2D eigenvalue weighted by molar-refractivity contribution is 5.83. The molecule has 5 aromatic rings. The summed E-state index contributed by atoms with van der Waals surface area (Å²) in [5, 5.41) is 31.8. The zero-order valence-corrected chi connectivity index (χ0v) is 22.6. The van der Waals surface area contributed by atoms with Crippen LogP contribution in [0.15, 0.2) is 110 Å². The van der Waals surface area contributed by atoms with Crippen molar-refractivity contribution in [2.24, 2.45) is 0 Å². The summed E-state index contributed by atoms with van der Waals surface area (Å²) < 4.78 is 47.4. The molecule has 0 bridgehead atoms. The standard InChI is InChI=1S/C17H12F3N3O3.C12H8N2O5/c18-17(19,20)26-14-7-5-13(6-8-14)23-9-15(21-10-23)11-1-3-12(4-2-11)22-16(24)25;15-13(16)9-1-5-11(6-2-9)19-12-7-3-10(4-8-12)14(17)18/h1-10,22H,(H,24,25);1-8H. The monoisotopic (exact) mass is 623 g/mol. The molecule has 0 saturated heterocycles. The van der Waals surface area contributed by atoms with Crippen molar-refractivity contribution in [2.75, 3.05) is 5.32 Å². The molecule has 0 radical (unpaired) electrons. The molecule has 13 nitrogen and oxygen atoms in total. The van der Waals surface area contributed by atoms with Crippen molar-refractivity contribution in [3.8, 4) is 34.2 Å². The summed E-state index contributed by atoms with van der Waals surface area (Å²) in [5.74, 6) is 0.530. The number of anilines is 1. The number of nitro benzene ring substituents is 2. The second-order valence-corrected chi connectivity index (χ2v) is 8.82. The van der Waals surface area contributed by atoms with Crippen molar-refractivity contribution < 1.29 is 42.4 Å². The van der Waals surface area contributed by atoms with E-state index >= 15 is 0 Å². The zero-order chi connectivity index (χ0) is 32.6. The van der Waals surface area contributed by atoms with Gasteiger partial charge in [-0.05, 0) is 60.7 Å². The van der Waals surface area contributed by atoms with Crippen molar-refractivity contribution in [3.63, 3.8) is 0 Å².